The van der Waals surface area contributed by atoms with Gasteiger partial charge in [-0.05, 0) is 37.5 Å². The maximum atomic E-state index is 8.71. The lowest BCUT2D eigenvalue weighted by atomic mass is 10.1. The summed E-state index contributed by atoms with van der Waals surface area (Å²) in [7, 11) is 0. The molecule has 0 amide bonds. The van der Waals surface area contributed by atoms with E-state index in [4.69, 9.17) is 15.7 Å². The monoisotopic (exact) mass is 216 g/mol. The van der Waals surface area contributed by atoms with Gasteiger partial charge in [-0.15, -0.1) is 0 Å². The number of nitrogens with zero attached hydrogens (tertiary/aromatic N) is 1. The zero-order chi connectivity index (χ0) is 11.6. The molecule has 1 aliphatic carbocycles. The van der Waals surface area contributed by atoms with Gasteiger partial charge in [-0.25, -0.2) is 0 Å². The van der Waals surface area contributed by atoms with Gasteiger partial charge in [0.15, 0.2) is 0 Å². The minimum atomic E-state index is 0.102. The van der Waals surface area contributed by atoms with Gasteiger partial charge in [0.25, 0.3) is 0 Å². The third kappa shape index (κ3) is 2.27. The summed E-state index contributed by atoms with van der Waals surface area (Å²) in [4.78, 5) is 0. The highest BCUT2D eigenvalue weighted by atomic mass is 16.5. The maximum Gasteiger partial charge on any atom is 0.142 e. The Bertz CT molecular complexity index is 430. The molecule has 2 N–H and O–H groups in total. The minimum absolute atomic E-state index is 0.102. The van der Waals surface area contributed by atoms with Crippen molar-refractivity contribution in [1.82, 2.24) is 0 Å². The van der Waals surface area contributed by atoms with Crippen molar-refractivity contribution in [3.8, 4) is 11.8 Å². The Labute approximate surface area is 95.8 Å². The second-order valence-electron chi connectivity index (χ2n) is 4.66. The SMILES string of the molecule is Cc1ccc(N)c(OCC2(CC#N)CC2)c1. The molecule has 0 saturated heterocycles. The number of anilines is 1. The molecule has 1 aromatic rings. The van der Waals surface area contributed by atoms with Gasteiger partial charge in [0.05, 0.1) is 18.4 Å². The first-order valence-electron chi connectivity index (χ1n) is 5.51. The molecule has 1 aromatic carbocycles. The van der Waals surface area contributed by atoms with E-state index in [1.165, 1.54) is 0 Å². The van der Waals surface area contributed by atoms with E-state index >= 15 is 0 Å². The van der Waals surface area contributed by atoms with Crippen molar-refractivity contribution >= 4 is 5.69 Å². The highest BCUT2D eigenvalue weighted by Gasteiger charge is 2.43. The van der Waals surface area contributed by atoms with Crippen molar-refractivity contribution in [2.75, 3.05) is 12.3 Å². The largest absolute Gasteiger partial charge is 0.491 e. The predicted molar refractivity (Wildman–Crippen MR) is 63.0 cm³/mol. The zero-order valence-electron chi connectivity index (χ0n) is 9.49. The number of nitrogen functional groups attached to an aromatic ring is 1. The first-order chi connectivity index (χ1) is 7.65. The lowest BCUT2D eigenvalue weighted by Gasteiger charge is -2.14. The zero-order valence-corrected chi connectivity index (χ0v) is 9.49. The number of rotatable bonds is 4. The van der Waals surface area contributed by atoms with Gasteiger partial charge in [0.1, 0.15) is 5.75 Å². The highest BCUT2D eigenvalue weighted by Crippen LogP contribution is 2.48. The van der Waals surface area contributed by atoms with Crippen LogP contribution in [0, 0.1) is 23.7 Å². The van der Waals surface area contributed by atoms with Crippen LogP contribution >= 0.6 is 0 Å². The van der Waals surface area contributed by atoms with Crippen molar-refractivity contribution in [1.29, 1.82) is 5.26 Å². The number of nitrogens with two attached hydrogens (primary N) is 1. The van der Waals surface area contributed by atoms with Gasteiger partial charge in [0.2, 0.25) is 0 Å². The quantitative estimate of drug-likeness (QED) is 0.787. The Kier molecular flexibility index (Phi) is 2.74. The van der Waals surface area contributed by atoms with Gasteiger partial charge >= 0.3 is 0 Å². The Morgan fingerprint density at radius 1 is 1.50 bits per heavy atom. The number of nitriles is 1. The molecule has 3 heteroatoms. The van der Waals surface area contributed by atoms with E-state index in [0.29, 0.717) is 18.7 Å². The summed E-state index contributed by atoms with van der Waals surface area (Å²) in [5, 5.41) is 8.71. The van der Waals surface area contributed by atoms with Gasteiger partial charge < -0.3 is 10.5 Å². The van der Waals surface area contributed by atoms with Gasteiger partial charge in [-0.2, -0.15) is 5.26 Å². The fourth-order valence-corrected chi connectivity index (χ4v) is 1.71. The summed E-state index contributed by atoms with van der Waals surface area (Å²) < 4.78 is 5.72. The summed E-state index contributed by atoms with van der Waals surface area (Å²) in [6.07, 6.45) is 2.76. The number of hydrogen-bond donors (Lipinski definition) is 1. The Morgan fingerprint density at radius 2 is 2.25 bits per heavy atom. The van der Waals surface area contributed by atoms with Crippen LogP contribution in [0.15, 0.2) is 18.2 Å². The van der Waals surface area contributed by atoms with Crippen molar-refractivity contribution in [2.45, 2.75) is 26.2 Å². The molecular formula is C13H16N2O. The minimum Gasteiger partial charge on any atom is -0.491 e. The van der Waals surface area contributed by atoms with Crippen LogP contribution in [0.25, 0.3) is 0 Å². The molecule has 0 aromatic heterocycles. The van der Waals surface area contributed by atoms with E-state index in [1.807, 2.05) is 25.1 Å². The smallest absolute Gasteiger partial charge is 0.142 e. The molecule has 0 aliphatic heterocycles. The van der Waals surface area contributed by atoms with Gasteiger partial charge in [-0.1, -0.05) is 6.07 Å². The average molecular weight is 216 g/mol. The predicted octanol–water partition coefficient (Wildman–Crippen LogP) is 2.65. The molecule has 1 fully saturated rings. The van der Waals surface area contributed by atoms with Crippen LogP contribution in [0.3, 0.4) is 0 Å². The van der Waals surface area contributed by atoms with Crippen LogP contribution in [-0.4, -0.2) is 6.61 Å². The van der Waals surface area contributed by atoms with Gasteiger partial charge in [-0.3, -0.25) is 0 Å². The molecule has 0 unspecified atom stereocenters. The first-order valence-corrected chi connectivity index (χ1v) is 5.51. The number of benzene rings is 1. The molecular weight excluding hydrogens is 200 g/mol. The Balaban J connectivity index is 2.00. The van der Waals surface area contributed by atoms with Crippen LogP contribution in [0.4, 0.5) is 5.69 Å². The first kappa shape index (κ1) is 10.8. The number of hydrogen-bond acceptors (Lipinski definition) is 3. The molecule has 0 spiro atoms. The van der Waals surface area contributed by atoms with E-state index in [2.05, 4.69) is 6.07 Å². The van der Waals surface area contributed by atoms with E-state index in [-0.39, 0.29) is 5.41 Å². The summed E-state index contributed by atoms with van der Waals surface area (Å²) in [6.45, 7) is 2.61. The van der Waals surface area contributed by atoms with E-state index in [0.717, 1.165) is 24.2 Å². The molecule has 2 rings (SSSR count). The van der Waals surface area contributed by atoms with Gasteiger partial charge in [0, 0.05) is 11.8 Å². The van der Waals surface area contributed by atoms with Crippen LogP contribution in [0.5, 0.6) is 5.75 Å². The molecule has 0 bridgehead atoms. The molecule has 1 aliphatic rings. The van der Waals surface area contributed by atoms with Crippen LogP contribution < -0.4 is 10.5 Å². The standard InChI is InChI=1S/C13H16N2O/c1-10-2-3-11(15)12(8-10)16-9-13(4-5-13)6-7-14/h2-3,8H,4-6,9,15H2,1H3. The van der Waals surface area contributed by atoms with E-state index in [9.17, 15) is 0 Å². The number of aryl methyl sites for hydroxylation is 1. The third-order valence-corrected chi connectivity index (χ3v) is 3.11. The molecule has 1 saturated carbocycles. The Morgan fingerprint density at radius 3 is 2.88 bits per heavy atom. The maximum absolute atomic E-state index is 8.71. The highest BCUT2D eigenvalue weighted by molar-refractivity contribution is 5.53. The topological polar surface area (TPSA) is 59.0 Å². The second-order valence-corrected chi connectivity index (χ2v) is 4.66. The fourth-order valence-electron chi connectivity index (χ4n) is 1.71. The lowest BCUT2D eigenvalue weighted by Crippen LogP contribution is -2.13. The Hall–Kier alpha value is -1.69. The van der Waals surface area contributed by atoms with Crippen LogP contribution in [0.2, 0.25) is 0 Å². The number of ether oxygens (including phenoxy) is 1. The summed E-state index contributed by atoms with van der Waals surface area (Å²) in [5.41, 5.74) is 7.72. The second kappa shape index (κ2) is 4.05. The molecule has 0 radical (unpaired) electrons. The van der Waals surface area contributed by atoms with E-state index in [1.54, 1.807) is 0 Å². The third-order valence-electron chi connectivity index (χ3n) is 3.11. The van der Waals surface area contributed by atoms with Crippen LogP contribution in [0.1, 0.15) is 24.8 Å². The van der Waals surface area contributed by atoms with Crippen molar-refractivity contribution in [3.05, 3.63) is 23.8 Å². The summed E-state index contributed by atoms with van der Waals surface area (Å²) in [5.74, 6) is 0.740. The summed E-state index contributed by atoms with van der Waals surface area (Å²) >= 11 is 0. The molecule has 3 nitrogen and oxygen atoms in total. The molecule has 84 valence electrons. The molecule has 16 heavy (non-hydrogen) atoms. The van der Waals surface area contributed by atoms with Crippen molar-refractivity contribution in [3.63, 3.8) is 0 Å². The van der Waals surface area contributed by atoms with Crippen LogP contribution in [-0.2, 0) is 0 Å². The van der Waals surface area contributed by atoms with Crippen molar-refractivity contribution < 1.29 is 4.74 Å². The fraction of sp³-hybridized carbons (Fsp3) is 0.462. The van der Waals surface area contributed by atoms with Crippen molar-refractivity contribution in [2.24, 2.45) is 5.41 Å². The van der Waals surface area contributed by atoms with E-state index < -0.39 is 0 Å². The molecule has 0 heterocycles. The lowest BCUT2D eigenvalue weighted by molar-refractivity contribution is 0.238. The molecule has 0 atom stereocenters. The normalized spacial score (nSPS) is 16.5. The summed E-state index contributed by atoms with van der Waals surface area (Å²) in [6, 6.07) is 7.98. The average Bonchev–Trinajstić information content (AvgIpc) is 3.01.